The summed E-state index contributed by atoms with van der Waals surface area (Å²) in [7, 11) is 0. The second-order valence-electron chi connectivity index (χ2n) is 4.44. The van der Waals surface area contributed by atoms with Crippen LogP contribution in [0.15, 0.2) is 60.8 Å². The Morgan fingerprint density at radius 1 is 1.00 bits per heavy atom. The highest BCUT2D eigenvalue weighted by molar-refractivity contribution is 7.71. The number of aromatic amines is 1. The van der Waals surface area contributed by atoms with E-state index in [1.165, 1.54) is 0 Å². The van der Waals surface area contributed by atoms with E-state index in [0.717, 1.165) is 22.8 Å². The minimum atomic E-state index is 0.591. The first-order valence-corrected chi connectivity index (χ1v) is 6.78. The van der Waals surface area contributed by atoms with Gasteiger partial charge >= 0.3 is 0 Å². The van der Waals surface area contributed by atoms with E-state index in [2.05, 4.69) is 15.0 Å². The van der Waals surface area contributed by atoms with Crippen LogP contribution in [0.3, 0.4) is 0 Å². The van der Waals surface area contributed by atoms with E-state index in [9.17, 15) is 0 Å². The lowest BCUT2D eigenvalue weighted by Crippen LogP contribution is -2.00. The van der Waals surface area contributed by atoms with Crippen LogP contribution in [0.1, 0.15) is 11.5 Å². The Morgan fingerprint density at radius 2 is 1.80 bits per heavy atom. The molecule has 3 nitrogen and oxygen atoms in total. The molecule has 0 aliphatic heterocycles. The number of aromatic nitrogens is 3. The van der Waals surface area contributed by atoms with Crippen LogP contribution in [0.4, 0.5) is 0 Å². The second kappa shape index (κ2) is 5.75. The molecule has 0 atom stereocenters. The van der Waals surface area contributed by atoms with Crippen molar-refractivity contribution in [2.45, 2.75) is 6.42 Å². The number of pyridine rings is 1. The van der Waals surface area contributed by atoms with Gasteiger partial charge in [-0.15, -0.1) is 0 Å². The minimum absolute atomic E-state index is 0.591. The lowest BCUT2D eigenvalue weighted by Gasteiger charge is -2.06. The largest absolute Gasteiger partial charge is 0.343 e. The van der Waals surface area contributed by atoms with Gasteiger partial charge in [0.2, 0.25) is 0 Å². The van der Waals surface area contributed by atoms with Gasteiger partial charge in [-0.05, 0) is 23.8 Å². The molecule has 0 aliphatic carbocycles. The molecule has 0 unspecified atom stereocenters. The Kier molecular flexibility index (Phi) is 3.65. The van der Waals surface area contributed by atoms with Crippen molar-refractivity contribution in [2.24, 2.45) is 0 Å². The monoisotopic (exact) mass is 279 g/mol. The lowest BCUT2D eigenvalue weighted by atomic mass is 10.1. The highest BCUT2D eigenvalue weighted by Gasteiger charge is 2.03. The maximum atomic E-state index is 5.25. The van der Waals surface area contributed by atoms with Crippen LogP contribution >= 0.6 is 12.2 Å². The van der Waals surface area contributed by atoms with E-state index >= 15 is 0 Å². The summed E-state index contributed by atoms with van der Waals surface area (Å²) >= 11 is 5.25. The van der Waals surface area contributed by atoms with Gasteiger partial charge in [0.15, 0.2) is 0 Å². The molecule has 0 radical (unpaired) electrons. The van der Waals surface area contributed by atoms with Crippen LogP contribution in [-0.4, -0.2) is 15.0 Å². The molecule has 1 N–H and O–H groups in total. The molecule has 20 heavy (non-hydrogen) atoms. The maximum absolute atomic E-state index is 5.25. The van der Waals surface area contributed by atoms with Gasteiger partial charge in [0, 0.05) is 24.0 Å². The van der Waals surface area contributed by atoms with Crippen LogP contribution in [0.5, 0.6) is 0 Å². The summed E-state index contributed by atoms with van der Waals surface area (Å²) < 4.78 is 0.591. The van der Waals surface area contributed by atoms with Gasteiger partial charge in [-0.3, -0.25) is 4.98 Å². The number of benzene rings is 1. The van der Waals surface area contributed by atoms with Crippen molar-refractivity contribution in [3.63, 3.8) is 0 Å². The summed E-state index contributed by atoms with van der Waals surface area (Å²) in [5.74, 6) is 0.829. The Bertz CT molecular complexity index is 751. The number of nitrogens with one attached hydrogen (secondary N) is 1. The van der Waals surface area contributed by atoms with Gasteiger partial charge in [0.25, 0.3) is 0 Å². The number of hydrogen-bond donors (Lipinski definition) is 1. The highest BCUT2D eigenvalue weighted by Crippen LogP contribution is 2.16. The predicted molar refractivity (Wildman–Crippen MR) is 81.9 cm³/mol. The first-order valence-electron chi connectivity index (χ1n) is 6.37. The van der Waals surface area contributed by atoms with Crippen molar-refractivity contribution in [3.8, 4) is 11.3 Å². The molecule has 2 aromatic heterocycles. The number of rotatable bonds is 3. The first-order chi connectivity index (χ1) is 9.81. The van der Waals surface area contributed by atoms with E-state index in [1.807, 2.05) is 54.6 Å². The topological polar surface area (TPSA) is 41.6 Å². The fourth-order valence-corrected chi connectivity index (χ4v) is 2.27. The Morgan fingerprint density at radius 3 is 2.55 bits per heavy atom. The summed E-state index contributed by atoms with van der Waals surface area (Å²) in [5, 5.41) is 0. The molecule has 0 saturated carbocycles. The van der Waals surface area contributed by atoms with Gasteiger partial charge in [-0.2, -0.15) is 0 Å². The Labute approximate surface area is 122 Å². The van der Waals surface area contributed by atoms with Crippen LogP contribution in [0.2, 0.25) is 0 Å². The fourth-order valence-electron chi connectivity index (χ4n) is 2.04. The van der Waals surface area contributed by atoms with Crippen molar-refractivity contribution in [2.75, 3.05) is 0 Å². The average Bonchev–Trinajstić information content (AvgIpc) is 2.49. The van der Waals surface area contributed by atoms with Gasteiger partial charge in [0.1, 0.15) is 10.5 Å². The maximum Gasteiger partial charge on any atom is 0.130 e. The molecule has 3 aromatic rings. The van der Waals surface area contributed by atoms with Crippen molar-refractivity contribution >= 4 is 12.2 Å². The van der Waals surface area contributed by atoms with E-state index in [4.69, 9.17) is 12.2 Å². The van der Waals surface area contributed by atoms with Crippen LogP contribution in [-0.2, 0) is 6.42 Å². The summed E-state index contributed by atoms with van der Waals surface area (Å²) in [5.41, 5.74) is 3.05. The number of H-pyrrole nitrogens is 1. The van der Waals surface area contributed by atoms with E-state index < -0.39 is 0 Å². The molecule has 3 rings (SSSR count). The summed E-state index contributed by atoms with van der Waals surface area (Å²) in [4.78, 5) is 12.0. The van der Waals surface area contributed by atoms with E-state index in [-0.39, 0.29) is 0 Å². The molecule has 0 bridgehead atoms. The summed E-state index contributed by atoms with van der Waals surface area (Å²) in [6, 6.07) is 17.8. The molecule has 0 aliphatic rings. The van der Waals surface area contributed by atoms with Crippen LogP contribution in [0, 0.1) is 4.64 Å². The number of nitrogens with zero attached hydrogens (tertiary/aromatic N) is 2. The van der Waals surface area contributed by atoms with Crippen LogP contribution in [0.25, 0.3) is 11.3 Å². The molecular weight excluding hydrogens is 266 g/mol. The molecule has 0 amide bonds. The molecule has 2 heterocycles. The smallest absolute Gasteiger partial charge is 0.130 e. The highest BCUT2D eigenvalue weighted by atomic mass is 32.1. The molecule has 0 saturated heterocycles. The number of hydrogen-bond acceptors (Lipinski definition) is 3. The molecule has 4 heteroatoms. The van der Waals surface area contributed by atoms with E-state index in [0.29, 0.717) is 11.1 Å². The molecule has 0 fully saturated rings. The van der Waals surface area contributed by atoms with Gasteiger partial charge in [-0.1, -0.05) is 48.6 Å². The van der Waals surface area contributed by atoms with Crippen molar-refractivity contribution < 1.29 is 0 Å². The predicted octanol–water partition coefficient (Wildman–Crippen LogP) is 3.79. The van der Waals surface area contributed by atoms with Gasteiger partial charge in [-0.25, -0.2) is 4.98 Å². The Hall–Kier alpha value is -2.33. The quantitative estimate of drug-likeness (QED) is 0.742. The lowest BCUT2D eigenvalue weighted by molar-refractivity contribution is 0.933. The van der Waals surface area contributed by atoms with Crippen molar-refractivity contribution in [1.29, 1.82) is 0 Å². The van der Waals surface area contributed by atoms with Crippen molar-refractivity contribution in [1.82, 2.24) is 15.0 Å². The molecule has 0 spiro atoms. The van der Waals surface area contributed by atoms with Gasteiger partial charge < -0.3 is 4.98 Å². The van der Waals surface area contributed by atoms with Gasteiger partial charge in [0.05, 0.1) is 0 Å². The average molecular weight is 279 g/mol. The summed E-state index contributed by atoms with van der Waals surface area (Å²) in [6.07, 6.45) is 2.43. The fraction of sp³-hybridized carbons (Fsp3) is 0.0625. The Balaban J connectivity index is 1.97. The first kappa shape index (κ1) is 12.7. The van der Waals surface area contributed by atoms with E-state index in [1.54, 1.807) is 6.20 Å². The standard InChI is InChI=1S/C16H13N3S/c20-16-11-14(12-6-2-1-3-7-12)18-15(19-16)10-13-8-4-5-9-17-13/h1-9,11H,10H2,(H,18,19,20). The SMILES string of the molecule is S=c1cc(-c2ccccc2)[nH]c(Cc2ccccn2)n1. The van der Waals surface area contributed by atoms with Crippen molar-refractivity contribution in [3.05, 3.63) is 77.0 Å². The second-order valence-corrected chi connectivity index (χ2v) is 4.86. The zero-order valence-corrected chi connectivity index (χ0v) is 11.6. The zero-order valence-electron chi connectivity index (χ0n) is 10.8. The molecular formula is C16H13N3S. The van der Waals surface area contributed by atoms with Crippen LogP contribution < -0.4 is 0 Å². The third-order valence-corrected chi connectivity index (χ3v) is 3.16. The summed E-state index contributed by atoms with van der Waals surface area (Å²) in [6.45, 7) is 0. The molecule has 98 valence electrons. The minimum Gasteiger partial charge on any atom is -0.343 e. The normalized spacial score (nSPS) is 10.4. The zero-order chi connectivity index (χ0) is 13.8. The third-order valence-electron chi connectivity index (χ3n) is 2.95. The molecule has 1 aromatic carbocycles. The third kappa shape index (κ3) is 2.97.